The predicted molar refractivity (Wildman–Crippen MR) is 123 cm³/mol. The van der Waals surface area contributed by atoms with Crippen molar-refractivity contribution < 1.29 is 9.59 Å². The van der Waals surface area contributed by atoms with Gasteiger partial charge in [-0.05, 0) is 42.0 Å². The lowest BCUT2D eigenvalue weighted by molar-refractivity contribution is -0.121. The van der Waals surface area contributed by atoms with E-state index in [0.717, 1.165) is 28.1 Å². The molecule has 0 spiro atoms. The molecule has 0 unspecified atom stereocenters. The van der Waals surface area contributed by atoms with Crippen LogP contribution in [0.15, 0.2) is 64.0 Å². The molecule has 0 fully saturated rings. The first-order valence-electron chi connectivity index (χ1n) is 9.64. The fraction of sp³-hybridized carbons (Fsp3) is 0.261. The molecule has 2 amide bonds. The summed E-state index contributed by atoms with van der Waals surface area (Å²) in [4.78, 5) is 25.9. The number of hydrogen-bond donors (Lipinski definition) is 2. The Hall–Kier alpha value is -2.69. The summed E-state index contributed by atoms with van der Waals surface area (Å²) in [6.07, 6.45) is 3.05. The molecular weight excluding hydrogens is 414 g/mol. The molecule has 154 valence electrons. The molecule has 0 aliphatic carbocycles. The number of allylic oxidation sites excluding steroid dienone is 1. The molecule has 30 heavy (non-hydrogen) atoms. The number of rotatable bonds is 7. The molecule has 1 heterocycles. The lowest BCUT2D eigenvalue weighted by atomic mass is 9.87. The van der Waals surface area contributed by atoms with Crippen LogP contribution in [0.25, 0.3) is 0 Å². The first kappa shape index (κ1) is 22.0. The third-order valence-electron chi connectivity index (χ3n) is 4.89. The van der Waals surface area contributed by atoms with E-state index in [0.29, 0.717) is 10.6 Å². The average Bonchev–Trinajstić information content (AvgIpc) is 2.77. The summed E-state index contributed by atoms with van der Waals surface area (Å²) in [5, 5.41) is 15.9. The number of nitrogens with one attached hydrogen (secondary N) is 2. The first-order chi connectivity index (χ1) is 14.5. The van der Waals surface area contributed by atoms with Crippen LogP contribution in [0.1, 0.15) is 30.4 Å². The third-order valence-corrected chi connectivity index (χ3v) is 6.65. The standard InChI is InChI=1S/C23H23N3O2S2/c1-3-15-6-4-5-7-20(15)25-22(28)14-30-23-19(13-24)18(12-21(27)26-23)16-8-10-17(29-2)11-9-16/h4-11,18H,3,12,14H2,1-2H3,(H,25,28)(H,26,27)/t18-/m0/s1. The van der Waals surface area contributed by atoms with Gasteiger partial charge >= 0.3 is 0 Å². The number of benzene rings is 2. The van der Waals surface area contributed by atoms with E-state index in [4.69, 9.17) is 0 Å². The smallest absolute Gasteiger partial charge is 0.234 e. The van der Waals surface area contributed by atoms with Crippen LogP contribution in [0.4, 0.5) is 5.69 Å². The summed E-state index contributed by atoms with van der Waals surface area (Å²) >= 11 is 2.83. The number of amides is 2. The molecule has 2 aromatic carbocycles. The molecule has 0 radical (unpaired) electrons. The molecule has 2 aromatic rings. The van der Waals surface area contributed by atoms with Crippen molar-refractivity contribution in [1.82, 2.24) is 5.32 Å². The van der Waals surface area contributed by atoms with Crippen molar-refractivity contribution in [2.24, 2.45) is 0 Å². The summed E-state index contributed by atoms with van der Waals surface area (Å²) in [6, 6.07) is 17.8. The molecule has 7 heteroatoms. The van der Waals surface area contributed by atoms with Gasteiger partial charge in [-0.15, -0.1) is 11.8 Å². The van der Waals surface area contributed by atoms with Gasteiger partial charge in [-0.3, -0.25) is 9.59 Å². The van der Waals surface area contributed by atoms with Crippen LogP contribution in [-0.4, -0.2) is 23.8 Å². The number of nitriles is 1. The van der Waals surface area contributed by atoms with E-state index in [1.165, 1.54) is 11.8 Å². The van der Waals surface area contributed by atoms with Crippen LogP contribution in [-0.2, 0) is 16.0 Å². The summed E-state index contributed by atoms with van der Waals surface area (Å²) in [5.74, 6) is -0.513. The zero-order chi connectivity index (χ0) is 21.5. The van der Waals surface area contributed by atoms with Gasteiger partial charge in [0.05, 0.1) is 22.4 Å². The Morgan fingerprint density at radius 2 is 1.97 bits per heavy atom. The SMILES string of the molecule is CCc1ccccc1NC(=O)CSC1=C(C#N)[C@H](c2ccc(SC)cc2)CC(=O)N1. The van der Waals surface area contributed by atoms with E-state index in [9.17, 15) is 14.9 Å². The lowest BCUT2D eigenvalue weighted by Crippen LogP contribution is -2.31. The Labute approximate surface area is 185 Å². The van der Waals surface area contributed by atoms with Gasteiger partial charge in [0.2, 0.25) is 11.8 Å². The van der Waals surface area contributed by atoms with Crippen molar-refractivity contribution in [2.45, 2.75) is 30.6 Å². The van der Waals surface area contributed by atoms with Crippen molar-refractivity contribution in [3.05, 3.63) is 70.3 Å². The fourth-order valence-electron chi connectivity index (χ4n) is 3.33. The zero-order valence-electron chi connectivity index (χ0n) is 16.9. The molecule has 0 saturated carbocycles. The number of para-hydroxylation sites is 1. The Morgan fingerprint density at radius 1 is 1.23 bits per heavy atom. The van der Waals surface area contributed by atoms with Crippen molar-refractivity contribution in [3.63, 3.8) is 0 Å². The first-order valence-corrected chi connectivity index (χ1v) is 11.8. The van der Waals surface area contributed by atoms with Gasteiger partial charge in [0.25, 0.3) is 0 Å². The molecule has 2 N–H and O–H groups in total. The van der Waals surface area contributed by atoms with E-state index in [2.05, 4.69) is 16.7 Å². The summed E-state index contributed by atoms with van der Waals surface area (Å²) in [5.41, 5.74) is 3.28. The maximum Gasteiger partial charge on any atom is 0.234 e. The maximum atomic E-state index is 12.5. The predicted octanol–water partition coefficient (Wildman–Crippen LogP) is 4.68. The van der Waals surface area contributed by atoms with E-state index in [1.807, 2.05) is 61.7 Å². The minimum absolute atomic E-state index is 0.108. The minimum Gasteiger partial charge on any atom is -0.325 e. The molecule has 0 aromatic heterocycles. The largest absolute Gasteiger partial charge is 0.325 e. The monoisotopic (exact) mass is 437 g/mol. The van der Waals surface area contributed by atoms with Crippen molar-refractivity contribution in [2.75, 3.05) is 17.3 Å². The van der Waals surface area contributed by atoms with Crippen LogP contribution >= 0.6 is 23.5 Å². The average molecular weight is 438 g/mol. The highest BCUT2D eigenvalue weighted by molar-refractivity contribution is 8.03. The van der Waals surface area contributed by atoms with Crippen LogP contribution in [0, 0.1) is 11.3 Å². The molecule has 3 rings (SSSR count). The number of aryl methyl sites for hydroxylation is 1. The maximum absolute atomic E-state index is 12.5. The molecule has 0 bridgehead atoms. The number of carbonyl (C=O) groups is 2. The van der Waals surface area contributed by atoms with Gasteiger partial charge in [-0.25, -0.2) is 0 Å². The quantitative estimate of drug-likeness (QED) is 0.615. The Bertz CT molecular complexity index is 1010. The van der Waals surface area contributed by atoms with Gasteiger partial charge in [-0.1, -0.05) is 49.0 Å². The number of thioether (sulfide) groups is 2. The van der Waals surface area contributed by atoms with Crippen LogP contribution in [0.5, 0.6) is 0 Å². The zero-order valence-corrected chi connectivity index (χ0v) is 18.5. The van der Waals surface area contributed by atoms with Gasteiger partial charge in [0.15, 0.2) is 0 Å². The molecule has 5 nitrogen and oxygen atoms in total. The topological polar surface area (TPSA) is 82.0 Å². The lowest BCUT2D eigenvalue weighted by Gasteiger charge is -2.25. The number of carbonyl (C=O) groups excluding carboxylic acids is 2. The van der Waals surface area contributed by atoms with Crippen LogP contribution in [0.2, 0.25) is 0 Å². The molecule has 1 aliphatic heterocycles. The molecule has 1 atom stereocenters. The van der Waals surface area contributed by atoms with E-state index in [-0.39, 0.29) is 29.9 Å². The fourth-order valence-corrected chi connectivity index (χ4v) is 4.61. The van der Waals surface area contributed by atoms with Gasteiger partial charge < -0.3 is 10.6 Å². The van der Waals surface area contributed by atoms with Crippen molar-refractivity contribution in [1.29, 1.82) is 5.26 Å². The summed E-state index contributed by atoms with van der Waals surface area (Å²) in [6.45, 7) is 2.03. The summed E-state index contributed by atoms with van der Waals surface area (Å²) in [7, 11) is 0. The molecular formula is C23H23N3O2S2. The van der Waals surface area contributed by atoms with Gasteiger partial charge in [0, 0.05) is 22.9 Å². The van der Waals surface area contributed by atoms with Gasteiger partial charge in [-0.2, -0.15) is 5.26 Å². The minimum atomic E-state index is -0.300. The molecule has 0 saturated heterocycles. The van der Waals surface area contributed by atoms with Crippen molar-refractivity contribution >= 4 is 41.0 Å². The number of nitrogens with zero attached hydrogens (tertiary/aromatic N) is 1. The van der Waals surface area contributed by atoms with Crippen LogP contribution in [0.3, 0.4) is 0 Å². The van der Waals surface area contributed by atoms with Crippen LogP contribution < -0.4 is 10.6 Å². The Balaban J connectivity index is 1.75. The van der Waals surface area contributed by atoms with E-state index in [1.54, 1.807) is 11.8 Å². The van der Waals surface area contributed by atoms with E-state index >= 15 is 0 Å². The molecule has 1 aliphatic rings. The van der Waals surface area contributed by atoms with Crippen molar-refractivity contribution in [3.8, 4) is 6.07 Å². The second-order valence-electron chi connectivity index (χ2n) is 6.78. The Morgan fingerprint density at radius 3 is 2.63 bits per heavy atom. The van der Waals surface area contributed by atoms with E-state index < -0.39 is 0 Å². The number of hydrogen-bond acceptors (Lipinski definition) is 5. The highest BCUT2D eigenvalue weighted by Crippen LogP contribution is 2.36. The second kappa shape index (κ2) is 10.4. The highest BCUT2D eigenvalue weighted by Gasteiger charge is 2.29. The summed E-state index contributed by atoms with van der Waals surface area (Å²) < 4.78 is 0. The normalized spacial score (nSPS) is 16.0. The van der Waals surface area contributed by atoms with Gasteiger partial charge in [0.1, 0.15) is 0 Å². The highest BCUT2D eigenvalue weighted by atomic mass is 32.2. The number of anilines is 1. The second-order valence-corrected chi connectivity index (χ2v) is 8.65. The third kappa shape index (κ3) is 5.26. The Kier molecular flexibility index (Phi) is 7.61.